The van der Waals surface area contributed by atoms with Crippen LogP contribution in [0.1, 0.15) is 42.3 Å². The molecule has 2 rings (SSSR count). The van der Waals surface area contributed by atoms with Crippen LogP contribution < -0.4 is 5.32 Å². The van der Waals surface area contributed by atoms with Gasteiger partial charge in [0, 0.05) is 4.88 Å². The van der Waals surface area contributed by atoms with E-state index in [0.29, 0.717) is 6.04 Å². The van der Waals surface area contributed by atoms with E-state index in [-0.39, 0.29) is 0 Å². The highest BCUT2D eigenvalue weighted by molar-refractivity contribution is 9.11. The van der Waals surface area contributed by atoms with E-state index in [1.54, 1.807) is 0 Å². The minimum Gasteiger partial charge on any atom is -0.306 e. The normalized spacial score (nSPS) is 12.6. The van der Waals surface area contributed by atoms with Crippen molar-refractivity contribution in [3.8, 4) is 0 Å². The van der Waals surface area contributed by atoms with Gasteiger partial charge in [0.05, 0.1) is 9.83 Å². The molecule has 102 valence electrons. The lowest BCUT2D eigenvalue weighted by atomic mass is 10.0. The van der Waals surface area contributed by atoms with Crippen molar-refractivity contribution >= 4 is 27.3 Å². The molecular weight excluding hydrogens is 318 g/mol. The molecule has 2 aromatic rings. The van der Waals surface area contributed by atoms with Crippen molar-refractivity contribution in [2.75, 3.05) is 6.54 Å². The summed E-state index contributed by atoms with van der Waals surface area (Å²) in [6.07, 6.45) is 2.24. The van der Waals surface area contributed by atoms with Crippen LogP contribution in [0.2, 0.25) is 0 Å². The van der Waals surface area contributed by atoms with Crippen LogP contribution in [0.4, 0.5) is 0 Å². The fourth-order valence-electron chi connectivity index (χ4n) is 2.15. The van der Waals surface area contributed by atoms with Crippen molar-refractivity contribution in [2.24, 2.45) is 0 Å². The van der Waals surface area contributed by atoms with Gasteiger partial charge in [0.15, 0.2) is 0 Å². The van der Waals surface area contributed by atoms with Crippen molar-refractivity contribution in [1.82, 2.24) is 5.32 Å². The topological polar surface area (TPSA) is 12.0 Å². The Kier molecular flexibility index (Phi) is 5.61. The highest BCUT2D eigenvalue weighted by Gasteiger charge is 2.15. The number of hydrogen-bond acceptors (Lipinski definition) is 2. The smallest absolute Gasteiger partial charge is 0.0702 e. The molecular formula is C16H20BrNS. The molecule has 1 aromatic heterocycles. The monoisotopic (exact) mass is 337 g/mol. The predicted octanol–water partition coefficient (Wildman–Crippen LogP) is 5.16. The summed E-state index contributed by atoms with van der Waals surface area (Å²) < 4.78 is 1.19. The van der Waals surface area contributed by atoms with Crippen LogP contribution in [0, 0.1) is 0 Å². The summed E-state index contributed by atoms with van der Waals surface area (Å²) in [5.41, 5.74) is 2.76. The quantitative estimate of drug-likeness (QED) is 0.767. The average molecular weight is 338 g/mol. The van der Waals surface area contributed by atoms with E-state index >= 15 is 0 Å². The Morgan fingerprint density at radius 3 is 2.68 bits per heavy atom. The van der Waals surface area contributed by atoms with E-state index in [0.717, 1.165) is 19.4 Å². The zero-order valence-electron chi connectivity index (χ0n) is 11.4. The van der Waals surface area contributed by atoms with Crippen molar-refractivity contribution in [3.05, 3.63) is 56.2 Å². The van der Waals surface area contributed by atoms with Gasteiger partial charge in [-0.2, -0.15) is 0 Å². The second kappa shape index (κ2) is 7.22. The zero-order valence-corrected chi connectivity index (χ0v) is 13.9. The number of hydrogen-bond donors (Lipinski definition) is 1. The Hall–Kier alpha value is -0.640. The Labute approximate surface area is 128 Å². The van der Waals surface area contributed by atoms with Gasteiger partial charge in [0.25, 0.3) is 0 Å². The van der Waals surface area contributed by atoms with E-state index in [1.165, 1.54) is 19.8 Å². The maximum atomic E-state index is 3.66. The van der Waals surface area contributed by atoms with Crippen molar-refractivity contribution in [2.45, 2.75) is 32.7 Å². The van der Waals surface area contributed by atoms with E-state index in [1.807, 2.05) is 11.3 Å². The molecule has 0 bridgehead atoms. The Morgan fingerprint density at radius 2 is 2.05 bits per heavy atom. The molecule has 0 saturated carbocycles. The van der Waals surface area contributed by atoms with Gasteiger partial charge in [-0.3, -0.25) is 0 Å². The van der Waals surface area contributed by atoms with Crippen LogP contribution in [0.25, 0.3) is 0 Å². The summed E-state index contributed by atoms with van der Waals surface area (Å²) >= 11 is 5.37. The fraction of sp³-hybridized carbons (Fsp3) is 0.375. The zero-order chi connectivity index (χ0) is 13.7. The summed E-state index contributed by atoms with van der Waals surface area (Å²) in [6, 6.07) is 13.6. The maximum Gasteiger partial charge on any atom is 0.0702 e. The van der Waals surface area contributed by atoms with Crippen LogP contribution in [-0.2, 0) is 6.42 Å². The first-order chi connectivity index (χ1) is 9.24. The van der Waals surface area contributed by atoms with Crippen LogP contribution in [-0.4, -0.2) is 6.54 Å². The summed E-state index contributed by atoms with van der Waals surface area (Å²) in [7, 11) is 0. The maximum absolute atomic E-state index is 3.66. The molecule has 1 N–H and O–H groups in total. The van der Waals surface area contributed by atoms with Gasteiger partial charge in [0.1, 0.15) is 0 Å². The molecule has 1 atom stereocenters. The molecule has 0 saturated heterocycles. The van der Waals surface area contributed by atoms with Gasteiger partial charge < -0.3 is 5.32 Å². The highest BCUT2D eigenvalue weighted by atomic mass is 79.9. The standard InChI is InChI=1S/C16H20BrNS/c1-3-10-18-16(14-8-9-15(17)19-14)13-7-5-6-12(4-2)11-13/h5-9,11,16,18H,3-4,10H2,1-2H3. The highest BCUT2D eigenvalue weighted by Crippen LogP contribution is 2.31. The fourth-order valence-corrected chi connectivity index (χ4v) is 3.67. The third-order valence-corrected chi connectivity index (χ3v) is 4.86. The minimum absolute atomic E-state index is 0.308. The van der Waals surface area contributed by atoms with E-state index in [4.69, 9.17) is 0 Å². The third kappa shape index (κ3) is 3.91. The molecule has 19 heavy (non-hydrogen) atoms. The van der Waals surface area contributed by atoms with Crippen molar-refractivity contribution in [1.29, 1.82) is 0 Å². The first-order valence-electron chi connectivity index (χ1n) is 6.82. The SMILES string of the molecule is CCCNC(c1cccc(CC)c1)c1ccc(Br)s1. The molecule has 1 nitrogen and oxygen atoms in total. The molecule has 0 aliphatic rings. The molecule has 0 radical (unpaired) electrons. The molecule has 0 aliphatic heterocycles. The van der Waals surface area contributed by atoms with E-state index in [2.05, 4.69) is 71.5 Å². The average Bonchev–Trinajstić information content (AvgIpc) is 2.86. The Morgan fingerprint density at radius 1 is 1.21 bits per heavy atom. The number of benzene rings is 1. The first-order valence-corrected chi connectivity index (χ1v) is 8.43. The van der Waals surface area contributed by atoms with Gasteiger partial charge in [-0.25, -0.2) is 0 Å². The summed E-state index contributed by atoms with van der Waals surface area (Å²) in [5, 5.41) is 3.66. The lowest BCUT2D eigenvalue weighted by Gasteiger charge is -2.18. The summed E-state index contributed by atoms with van der Waals surface area (Å²) in [5.74, 6) is 0. The number of aryl methyl sites for hydroxylation is 1. The molecule has 0 aliphatic carbocycles. The van der Waals surface area contributed by atoms with E-state index < -0.39 is 0 Å². The number of rotatable bonds is 6. The predicted molar refractivity (Wildman–Crippen MR) is 88.0 cm³/mol. The lowest BCUT2D eigenvalue weighted by molar-refractivity contribution is 0.605. The van der Waals surface area contributed by atoms with Crippen LogP contribution >= 0.6 is 27.3 Å². The first kappa shape index (κ1) is 14.8. The van der Waals surface area contributed by atoms with Gasteiger partial charge in [-0.1, -0.05) is 38.1 Å². The van der Waals surface area contributed by atoms with Crippen molar-refractivity contribution < 1.29 is 0 Å². The lowest BCUT2D eigenvalue weighted by Crippen LogP contribution is -2.22. The molecule has 1 aromatic carbocycles. The van der Waals surface area contributed by atoms with Crippen LogP contribution in [0.15, 0.2) is 40.2 Å². The van der Waals surface area contributed by atoms with Gasteiger partial charge >= 0.3 is 0 Å². The molecule has 0 spiro atoms. The molecule has 3 heteroatoms. The van der Waals surface area contributed by atoms with Gasteiger partial charge in [-0.05, 0) is 58.6 Å². The van der Waals surface area contributed by atoms with Crippen molar-refractivity contribution in [3.63, 3.8) is 0 Å². The number of halogens is 1. The number of thiophene rings is 1. The largest absolute Gasteiger partial charge is 0.306 e. The molecule has 0 fully saturated rings. The Bertz CT molecular complexity index is 521. The second-order valence-corrected chi connectivity index (χ2v) is 7.12. The van der Waals surface area contributed by atoms with Crippen LogP contribution in [0.5, 0.6) is 0 Å². The van der Waals surface area contributed by atoms with Gasteiger partial charge in [-0.15, -0.1) is 11.3 Å². The Balaban J connectivity index is 2.30. The second-order valence-electron chi connectivity index (χ2n) is 4.63. The molecule has 0 amide bonds. The summed E-state index contributed by atoms with van der Waals surface area (Å²) in [4.78, 5) is 1.37. The van der Waals surface area contributed by atoms with Gasteiger partial charge in [0.2, 0.25) is 0 Å². The molecule has 1 heterocycles. The number of nitrogens with one attached hydrogen (secondary N) is 1. The third-order valence-electron chi connectivity index (χ3n) is 3.17. The van der Waals surface area contributed by atoms with E-state index in [9.17, 15) is 0 Å². The minimum atomic E-state index is 0.308. The summed E-state index contributed by atoms with van der Waals surface area (Å²) in [6.45, 7) is 5.45. The van der Waals surface area contributed by atoms with Crippen LogP contribution in [0.3, 0.4) is 0 Å². The molecule has 1 unspecified atom stereocenters.